The molecule has 22 heavy (non-hydrogen) atoms. The molecule has 0 aliphatic carbocycles. The first-order chi connectivity index (χ1) is 10.2. The van der Waals surface area contributed by atoms with Crippen LogP contribution in [0.15, 0.2) is 0 Å². The van der Waals surface area contributed by atoms with E-state index in [1.807, 2.05) is 11.8 Å². The zero-order chi connectivity index (χ0) is 16.4. The SMILES string of the molecule is CCN(CCC(=O)NC1CCS(=O)(=O)C1)C1CCS(=O)(=O)C1. The van der Waals surface area contributed by atoms with Crippen LogP contribution >= 0.6 is 0 Å². The van der Waals surface area contributed by atoms with Crippen LogP contribution in [0.25, 0.3) is 0 Å². The van der Waals surface area contributed by atoms with Gasteiger partial charge < -0.3 is 5.32 Å². The Hall–Kier alpha value is -0.670. The minimum atomic E-state index is -2.99. The van der Waals surface area contributed by atoms with Crippen LogP contribution in [0.1, 0.15) is 26.2 Å². The van der Waals surface area contributed by atoms with Crippen molar-refractivity contribution in [3.8, 4) is 0 Å². The fourth-order valence-corrected chi connectivity index (χ4v) is 6.55. The van der Waals surface area contributed by atoms with Gasteiger partial charge >= 0.3 is 0 Å². The van der Waals surface area contributed by atoms with Crippen LogP contribution in [-0.4, -0.2) is 75.8 Å². The number of carbonyl (C=O) groups is 1. The van der Waals surface area contributed by atoms with Gasteiger partial charge in [0.05, 0.1) is 23.0 Å². The number of carbonyl (C=O) groups excluding carboxylic acids is 1. The smallest absolute Gasteiger partial charge is 0.221 e. The highest BCUT2D eigenvalue weighted by atomic mass is 32.2. The molecule has 0 saturated carbocycles. The minimum absolute atomic E-state index is 0.00495. The molecule has 0 bridgehead atoms. The normalized spacial score (nSPS) is 29.7. The van der Waals surface area contributed by atoms with Crippen molar-refractivity contribution < 1.29 is 21.6 Å². The Morgan fingerprint density at radius 2 is 1.73 bits per heavy atom. The van der Waals surface area contributed by atoms with E-state index in [-0.39, 0.29) is 47.4 Å². The third-order valence-corrected chi connectivity index (χ3v) is 7.87. The number of hydrogen-bond acceptors (Lipinski definition) is 6. The Bertz CT molecular complexity index is 614. The van der Waals surface area contributed by atoms with E-state index in [0.29, 0.717) is 25.9 Å². The van der Waals surface area contributed by atoms with Crippen LogP contribution in [0.3, 0.4) is 0 Å². The second kappa shape index (κ2) is 6.84. The van der Waals surface area contributed by atoms with E-state index in [1.54, 1.807) is 0 Å². The summed E-state index contributed by atoms with van der Waals surface area (Å²) in [6, 6.07) is -0.283. The van der Waals surface area contributed by atoms with Crippen LogP contribution in [0, 0.1) is 0 Å². The molecule has 2 rings (SSSR count). The molecular formula is C13H24N2O5S2. The molecule has 2 heterocycles. The number of sulfone groups is 2. The molecule has 0 radical (unpaired) electrons. The zero-order valence-electron chi connectivity index (χ0n) is 12.8. The number of amides is 1. The van der Waals surface area contributed by atoms with Crippen molar-refractivity contribution in [2.45, 2.75) is 38.3 Å². The van der Waals surface area contributed by atoms with E-state index in [2.05, 4.69) is 5.32 Å². The van der Waals surface area contributed by atoms with Gasteiger partial charge in [-0.05, 0) is 19.4 Å². The monoisotopic (exact) mass is 352 g/mol. The third kappa shape index (κ3) is 4.92. The van der Waals surface area contributed by atoms with Crippen molar-refractivity contribution in [2.75, 3.05) is 36.1 Å². The van der Waals surface area contributed by atoms with Crippen molar-refractivity contribution in [1.29, 1.82) is 0 Å². The maximum Gasteiger partial charge on any atom is 0.221 e. The summed E-state index contributed by atoms with van der Waals surface area (Å²) in [5.74, 6) is 0.390. The first-order valence-corrected chi connectivity index (χ1v) is 11.3. The fourth-order valence-electron chi connectivity index (χ4n) is 3.12. The summed E-state index contributed by atoms with van der Waals surface area (Å²) in [5, 5.41) is 2.76. The molecular weight excluding hydrogens is 328 g/mol. The molecule has 2 fully saturated rings. The topological polar surface area (TPSA) is 101 Å². The summed E-state index contributed by atoms with van der Waals surface area (Å²) in [7, 11) is -5.92. The molecule has 128 valence electrons. The van der Waals surface area contributed by atoms with Crippen LogP contribution < -0.4 is 5.32 Å². The van der Waals surface area contributed by atoms with Crippen molar-refractivity contribution in [3.05, 3.63) is 0 Å². The van der Waals surface area contributed by atoms with Crippen molar-refractivity contribution >= 4 is 25.6 Å². The van der Waals surface area contributed by atoms with Gasteiger partial charge in [-0.3, -0.25) is 9.69 Å². The number of rotatable bonds is 6. The fraction of sp³-hybridized carbons (Fsp3) is 0.923. The predicted octanol–water partition coefficient (Wildman–Crippen LogP) is -0.811. The Kier molecular flexibility index (Phi) is 5.50. The molecule has 0 aromatic carbocycles. The highest BCUT2D eigenvalue weighted by Gasteiger charge is 2.32. The second-order valence-electron chi connectivity index (χ2n) is 6.10. The van der Waals surface area contributed by atoms with Crippen molar-refractivity contribution in [2.24, 2.45) is 0 Å². The van der Waals surface area contributed by atoms with Crippen LogP contribution in [-0.2, 0) is 24.5 Å². The molecule has 2 aliphatic heterocycles. The average molecular weight is 352 g/mol. The van der Waals surface area contributed by atoms with Gasteiger partial charge in [0.1, 0.15) is 0 Å². The third-order valence-electron chi connectivity index (χ3n) is 4.35. The Morgan fingerprint density at radius 3 is 2.23 bits per heavy atom. The lowest BCUT2D eigenvalue weighted by molar-refractivity contribution is -0.122. The van der Waals surface area contributed by atoms with Gasteiger partial charge in [-0.25, -0.2) is 16.8 Å². The minimum Gasteiger partial charge on any atom is -0.352 e. The molecule has 0 aromatic rings. The number of nitrogens with zero attached hydrogens (tertiary/aromatic N) is 1. The first kappa shape index (κ1) is 17.7. The molecule has 2 unspecified atom stereocenters. The van der Waals surface area contributed by atoms with E-state index in [4.69, 9.17) is 0 Å². The first-order valence-electron chi connectivity index (χ1n) is 7.65. The summed E-state index contributed by atoms with van der Waals surface area (Å²) in [6.45, 7) is 3.15. The highest BCUT2D eigenvalue weighted by molar-refractivity contribution is 7.91. The molecule has 1 amide bonds. The van der Waals surface area contributed by atoms with Gasteiger partial charge in [-0.15, -0.1) is 0 Å². The predicted molar refractivity (Wildman–Crippen MR) is 84.1 cm³/mol. The largest absolute Gasteiger partial charge is 0.352 e. The Balaban J connectivity index is 1.77. The molecule has 2 aliphatic rings. The highest BCUT2D eigenvalue weighted by Crippen LogP contribution is 2.18. The van der Waals surface area contributed by atoms with E-state index >= 15 is 0 Å². The maximum absolute atomic E-state index is 11.9. The van der Waals surface area contributed by atoms with Gasteiger partial charge in [0.2, 0.25) is 5.91 Å². The summed E-state index contributed by atoms with van der Waals surface area (Å²) in [6.07, 6.45) is 1.37. The quantitative estimate of drug-likeness (QED) is 0.671. The average Bonchev–Trinajstić information content (AvgIpc) is 2.93. The molecule has 9 heteroatoms. The van der Waals surface area contributed by atoms with Crippen molar-refractivity contribution in [1.82, 2.24) is 10.2 Å². The van der Waals surface area contributed by atoms with Gasteiger partial charge in [0, 0.05) is 25.0 Å². The van der Waals surface area contributed by atoms with Gasteiger partial charge in [0.25, 0.3) is 0 Å². The molecule has 2 saturated heterocycles. The lowest BCUT2D eigenvalue weighted by atomic mass is 10.2. The van der Waals surface area contributed by atoms with E-state index in [0.717, 1.165) is 0 Å². The Labute approximate surface area is 132 Å². The molecule has 7 nitrogen and oxygen atoms in total. The van der Waals surface area contributed by atoms with E-state index in [1.165, 1.54) is 0 Å². The summed E-state index contributed by atoms with van der Waals surface area (Å²) in [4.78, 5) is 13.9. The molecule has 2 atom stereocenters. The van der Waals surface area contributed by atoms with Crippen LogP contribution in [0.2, 0.25) is 0 Å². The second-order valence-corrected chi connectivity index (χ2v) is 10.6. The van der Waals surface area contributed by atoms with Gasteiger partial charge in [-0.1, -0.05) is 6.92 Å². The zero-order valence-corrected chi connectivity index (χ0v) is 14.5. The van der Waals surface area contributed by atoms with Gasteiger partial charge in [-0.2, -0.15) is 0 Å². The molecule has 0 spiro atoms. The lowest BCUT2D eigenvalue weighted by Crippen LogP contribution is -2.41. The summed E-state index contributed by atoms with van der Waals surface area (Å²) < 4.78 is 45.8. The number of nitrogens with one attached hydrogen (secondary N) is 1. The van der Waals surface area contributed by atoms with Crippen LogP contribution in [0.4, 0.5) is 0 Å². The van der Waals surface area contributed by atoms with E-state index in [9.17, 15) is 21.6 Å². The maximum atomic E-state index is 11.9. The number of hydrogen-bond donors (Lipinski definition) is 1. The molecule has 0 aromatic heterocycles. The standard InChI is InChI=1S/C13H24N2O5S2/c1-2-15(12-5-8-22(19,20)10-12)6-3-13(16)14-11-4-7-21(17,18)9-11/h11-12H,2-10H2,1H3,(H,14,16). The van der Waals surface area contributed by atoms with E-state index < -0.39 is 19.7 Å². The summed E-state index contributed by atoms with van der Waals surface area (Å²) in [5.41, 5.74) is 0. The van der Waals surface area contributed by atoms with Crippen molar-refractivity contribution in [3.63, 3.8) is 0 Å². The lowest BCUT2D eigenvalue weighted by Gasteiger charge is -2.26. The molecule has 1 N–H and O–H groups in total. The summed E-state index contributed by atoms with van der Waals surface area (Å²) >= 11 is 0. The van der Waals surface area contributed by atoms with Gasteiger partial charge in [0.15, 0.2) is 19.7 Å². The Morgan fingerprint density at radius 1 is 1.09 bits per heavy atom. The van der Waals surface area contributed by atoms with Crippen LogP contribution in [0.5, 0.6) is 0 Å².